The van der Waals surface area contributed by atoms with E-state index < -0.39 is 5.60 Å². The van der Waals surface area contributed by atoms with Crippen LogP contribution in [0.5, 0.6) is 0 Å². The van der Waals surface area contributed by atoms with Crippen molar-refractivity contribution in [2.75, 3.05) is 13.2 Å². The normalized spacial score (nSPS) is 32.0. The first-order valence-corrected chi connectivity index (χ1v) is 10.5. The van der Waals surface area contributed by atoms with Crippen LogP contribution in [0.25, 0.3) is 0 Å². The second-order valence-electron chi connectivity index (χ2n) is 9.51. The molecule has 0 heterocycles. The van der Waals surface area contributed by atoms with Gasteiger partial charge in [0.1, 0.15) is 5.78 Å². The molecule has 2 rings (SSSR count). The molecular weight excluding hydrogens is 312 g/mol. The van der Waals surface area contributed by atoms with Gasteiger partial charge in [-0.05, 0) is 55.3 Å². The van der Waals surface area contributed by atoms with Gasteiger partial charge < -0.3 is 9.84 Å². The lowest BCUT2D eigenvalue weighted by Crippen LogP contribution is -2.42. The number of carbonyl (C=O) groups is 1. The van der Waals surface area contributed by atoms with Crippen LogP contribution in [-0.4, -0.2) is 29.7 Å². The maximum absolute atomic E-state index is 12.5. The Balaban J connectivity index is 1.90. The summed E-state index contributed by atoms with van der Waals surface area (Å²) in [6.07, 6.45) is 8.63. The number of fused-ring (bicyclic) bond motifs is 1. The summed E-state index contributed by atoms with van der Waals surface area (Å²) >= 11 is 0. The van der Waals surface area contributed by atoms with E-state index in [9.17, 15) is 9.90 Å². The Kier molecular flexibility index (Phi) is 6.76. The van der Waals surface area contributed by atoms with Crippen LogP contribution in [0.2, 0.25) is 0 Å². The largest absolute Gasteiger partial charge is 0.387 e. The van der Waals surface area contributed by atoms with Crippen molar-refractivity contribution in [3.05, 3.63) is 0 Å². The minimum atomic E-state index is -0.662. The highest BCUT2D eigenvalue weighted by molar-refractivity contribution is 5.83. The van der Waals surface area contributed by atoms with Gasteiger partial charge in [0.15, 0.2) is 0 Å². The average molecular weight is 353 g/mol. The predicted octanol–water partition coefficient (Wildman–Crippen LogP) is 5.15. The molecule has 0 saturated heterocycles. The van der Waals surface area contributed by atoms with Gasteiger partial charge in [-0.25, -0.2) is 0 Å². The van der Waals surface area contributed by atoms with Crippen molar-refractivity contribution in [2.24, 2.45) is 22.7 Å². The maximum Gasteiger partial charge on any atom is 0.136 e. The molecule has 0 amide bonds. The molecule has 0 aromatic heterocycles. The summed E-state index contributed by atoms with van der Waals surface area (Å²) in [6, 6.07) is 0. The van der Waals surface area contributed by atoms with Crippen LogP contribution in [0.3, 0.4) is 0 Å². The number of hydrogen-bond acceptors (Lipinski definition) is 3. The summed E-state index contributed by atoms with van der Waals surface area (Å²) in [7, 11) is 0. The molecule has 2 saturated carbocycles. The molecule has 0 aromatic rings. The Morgan fingerprint density at radius 2 is 1.84 bits per heavy atom. The van der Waals surface area contributed by atoms with Gasteiger partial charge in [-0.1, -0.05) is 47.5 Å². The quantitative estimate of drug-likeness (QED) is 0.584. The van der Waals surface area contributed by atoms with Gasteiger partial charge in [-0.2, -0.15) is 0 Å². The summed E-state index contributed by atoms with van der Waals surface area (Å²) in [5.74, 6) is 1.28. The van der Waals surface area contributed by atoms with Crippen molar-refractivity contribution in [1.82, 2.24) is 0 Å². The van der Waals surface area contributed by atoms with Crippen LogP contribution in [0, 0.1) is 22.7 Å². The molecule has 2 fully saturated rings. The third kappa shape index (κ3) is 4.13. The Bertz CT molecular complexity index is 450. The van der Waals surface area contributed by atoms with E-state index in [0.717, 1.165) is 51.4 Å². The lowest BCUT2D eigenvalue weighted by molar-refractivity contribution is -0.131. The fourth-order valence-electron chi connectivity index (χ4n) is 5.71. The predicted molar refractivity (Wildman–Crippen MR) is 103 cm³/mol. The number of Topliss-reactive ketones (excluding diaryl/α,β-unsaturated/α-hetero) is 1. The van der Waals surface area contributed by atoms with Crippen molar-refractivity contribution in [3.63, 3.8) is 0 Å². The second kappa shape index (κ2) is 8.08. The summed E-state index contributed by atoms with van der Waals surface area (Å²) in [6.45, 7) is 12.4. The molecule has 2 aliphatic rings. The fourth-order valence-corrected chi connectivity index (χ4v) is 5.71. The molecule has 0 spiro atoms. The van der Waals surface area contributed by atoms with E-state index in [1.807, 2.05) is 0 Å². The van der Waals surface area contributed by atoms with Crippen LogP contribution in [0.15, 0.2) is 0 Å². The molecule has 25 heavy (non-hydrogen) atoms. The number of aliphatic hydroxyl groups is 1. The molecule has 2 aliphatic carbocycles. The minimum Gasteiger partial charge on any atom is -0.387 e. The lowest BCUT2D eigenvalue weighted by atomic mass is 9.58. The third-order valence-electron chi connectivity index (χ3n) is 7.70. The summed E-state index contributed by atoms with van der Waals surface area (Å²) in [4.78, 5) is 12.5. The molecule has 0 aliphatic heterocycles. The van der Waals surface area contributed by atoms with Gasteiger partial charge in [0, 0.05) is 18.9 Å². The van der Waals surface area contributed by atoms with Crippen molar-refractivity contribution >= 4 is 5.78 Å². The molecule has 1 N–H and O–H groups in total. The van der Waals surface area contributed by atoms with Gasteiger partial charge in [0.05, 0.1) is 12.2 Å². The van der Waals surface area contributed by atoms with Crippen LogP contribution in [-0.2, 0) is 9.53 Å². The second-order valence-corrected chi connectivity index (χ2v) is 9.51. The van der Waals surface area contributed by atoms with E-state index in [4.69, 9.17) is 4.74 Å². The summed E-state index contributed by atoms with van der Waals surface area (Å²) in [5, 5.41) is 10.7. The average Bonchev–Trinajstić information content (AvgIpc) is 2.73. The zero-order chi connectivity index (χ0) is 18.7. The fraction of sp³-hybridized carbons (Fsp3) is 0.955. The lowest BCUT2D eigenvalue weighted by Gasteiger charge is -2.46. The number of ether oxygens (including phenoxy) is 1. The van der Waals surface area contributed by atoms with E-state index in [0.29, 0.717) is 24.9 Å². The van der Waals surface area contributed by atoms with E-state index in [2.05, 4.69) is 34.6 Å². The van der Waals surface area contributed by atoms with Crippen molar-refractivity contribution in [1.29, 1.82) is 0 Å². The highest BCUT2D eigenvalue weighted by atomic mass is 16.5. The summed E-state index contributed by atoms with van der Waals surface area (Å²) < 4.78 is 5.94. The summed E-state index contributed by atoms with van der Waals surface area (Å²) in [5.41, 5.74) is -0.330. The molecule has 0 aromatic carbocycles. The molecule has 3 atom stereocenters. The van der Waals surface area contributed by atoms with Crippen LogP contribution < -0.4 is 0 Å². The van der Waals surface area contributed by atoms with E-state index in [1.165, 1.54) is 6.42 Å². The van der Waals surface area contributed by atoms with E-state index in [1.54, 1.807) is 0 Å². The van der Waals surface area contributed by atoms with Gasteiger partial charge in [0.25, 0.3) is 0 Å². The van der Waals surface area contributed by atoms with E-state index >= 15 is 0 Å². The van der Waals surface area contributed by atoms with Gasteiger partial charge in [-0.3, -0.25) is 4.79 Å². The van der Waals surface area contributed by atoms with Gasteiger partial charge in [-0.15, -0.1) is 0 Å². The van der Waals surface area contributed by atoms with Gasteiger partial charge in [0.2, 0.25) is 0 Å². The minimum absolute atomic E-state index is 0.151. The molecular formula is C22H40O3. The Morgan fingerprint density at radius 3 is 2.40 bits per heavy atom. The van der Waals surface area contributed by atoms with Crippen LogP contribution >= 0.6 is 0 Å². The molecule has 3 unspecified atom stereocenters. The first kappa shape index (κ1) is 20.9. The first-order chi connectivity index (χ1) is 11.7. The Morgan fingerprint density at radius 1 is 1.20 bits per heavy atom. The smallest absolute Gasteiger partial charge is 0.136 e. The standard InChI is InChI=1S/C22H40O3/c1-6-11-22(24,12-7-2)16-25-14-10-17-15-18-19(23)9-8-13-21(18,5)20(17,3)4/h17-18,24H,6-16H2,1-5H3. The number of hydrogen-bond donors (Lipinski definition) is 1. The third-order valence-corrected chi connectivity index (χ3v) is 7.70. The Labute approximate surface area is 154 Å². The molecule has 0 bridgehead atoms. The zero-order valence-corrected chi connectivity index (χ0v) is 17.2. The molecule has 3 nitrogen and oxygen atoms in total. The zero-order valence-electron chi connectivity index (χ0n) is 17.2. The molecule has 0 radical (unpaired) electrons. The number of carbonyl (C=O) groups excluding carboxylic acids is 1. The van der Waals surface area contributed by atoms with Crippen molar-refractivity contribution < 1.29 is 14.6 Å². The highest BCUT2D eigenvalue weighted by Crippen LogP contribution is 2.64. The first-order valence-electron chi connectivity index (χ1n) is 10.5. The van der Waals surface area contributed by atoms with Crippen molar-refractivity contribution in [2.45, 2.75) is 98.0 Å². The van der Waals surface area contributed by atoms with Crippen molar-refractivity contribution in [3.8, 4) is 0 Å². The van der Waals surface area contributed by atoms with Crippen LogP contribution in [0.4, 0.5) is 0 Å². The molecule has 146 valence electrons. The Hall–Kier alpha value is -0.410. The maximum atomic E-state index is 12.5. The molecule has 3 heteroatoms. The van der Waals surface area contributed by atoms with Crippen LogP contribution in [0.1, 0.15) is 92.4 Å². The number of rotatable bonds is 9. The highest BCUT2D eigenvalue weighted by Gasteiger charge is 2.59. The number of ketones is 1. The topological polar surface area (TPSA) is 46.5 Å². The SMILES string of the molecule is CCCC(O)(CCC)COCCC1CC2C(=O)CCCC2(C)C1(C)C. The monoisotopic (exact) mass is 352 g/mol. The van der Waals surface area contributed by atoms with E-state index in [-0.39, 0.29) is 16.7 Å². The van der Waals surface area contributed by atoms with Gasteiger partial charge >= 0.3 is 0 Å².